The van der Waals surface area contributed by atoms with E-state index in [0.717, 1.165) is 11.1 Å². The van der Waals surface area contributed by atoms with Gasteiger partial charge in [0, 0.05) is 12.1 Å². The van der Waals surface area contributed by atoms with Crippen LogP contribution in [0.2, 0.25) is 5.02 Å². The van der Waals surface area contributed by atoms with Crippen LogP contribution < -0.4 is 15.4 Å². The Morgan fingerprint density at radius 1 is 1.29 bits per heavy atom. The Kier molecular flexibility index (Phi) is 4.90. The summed E-state index contributed by atoms with van der Waals surface area (Å²) in [5, 5.41) is 19.4. The maximum Gasteiger partial charge on any atom is 0.258 e. The summed E-state index contributed by atoms with van der Waals surface area (Å²) in [6.45, 7) is 0.160. The Morgan fingerprint density at radius 3 is 2.93 bits per heavy atom. The van der Waals surface area contributed by atoms with Crippen molar-refractivity contribution in [3.8, 4) is 17.1 Å². The van der Waals surface area contributed by atoms with Gasteiger partial charge >= 0.3 is 0 Å². The van der Waals surface area contributed by atoms with Gasteiger partial charge in [0.05, 0.1) is 5.02 Å². The zero-order valence-corrected chi connectivity index (χ0v) is 15.2. The van der Waals surface area contributed by atoms with Gasteiger partial charge in [-0.15, -0.1) is 10.2 Å². The quantitative estimate of drug-likeness (QED) is 0.597. The van der Waals surface area contributed by atoms with Crippen molar-refractivity contribution in [3.05, 3.63) is 58.6 Å². The van der Waals surface area contributed by atoms with Crippen LogP contribution in [0.1, 0.15) is 17.2 Å². The van der Waals surface area contributed by atoms with E-state index in [4.69, 9.17) is 16.3 Å². The topological polar surface area (TPSA) is 122 Å². The maximum absolute atomic E-state index is 12.3. The van der Waals surface area contributed by atoms with Crippen molar-refractivity contribution in [1.82, 2.24) is 31.3 Å². The van der Waals surface area contributed by atoms with E-state index >= 15 is 0 Å². The predicted molar refractivity (Wildman–Crippen MR) is 99.3 cm³/mol. The summed E-state index contributed by atoms with van der Waals surface area (Å²) in [6.07, 6.45) is 0. The van der Waals surface area contributed by atoms with Crippen LogP contribution in [0, 0.1) is 0 Å². The summed E-state index contributed by atoms with van der Waals surface area (Å²) in [4.78, 5) is 24.5. The molecule has 0 spiro atoms. The second-order valence-corrected chi connectivity index (χ2v) is 6.49. The van der Waals surface area contributed by atoms with Crippen molar-refractivity contribution < 1.29 is 14.3 Å². The molecule has 10 heteroatoms. The van der Waals surface area contributed by atoms with E-state index in [1.165, 1.54) is 0 Å². The molecule has 3 N–H and O–H groups in total. The largest absolute Gasteiger partial charge is 0.482 e. The maximum atomic E-state index is 12.3. The highest BCUT2D eigenvalue weighted by atomic mass is 35.5. The number of carbonyl (C=O) groups is 2. The number of tetrazole rings is 1. The molecule has 9 nitrogen and oxygen atoms in total. The number of carbonyl (C=O) groups excluding carboxylic acids is 2. The fourth-order valence-electron chi connectivity index (χ4n) is 2.93. The summed E-state index contributed by atoms with van der Waals surface area (Å²) in [7, 11) is 0. The minimum Gasteiger partial charge on any atom is -0.482 e. The van der Waals surface area contributed by atoms with E-state index in [1.54, 1.807) is 18.2 Å². The Hall–Kier alpha value is -3.46. The molecule has 0 saturated carbocycles. The molecule has 0 fully saturated rings. The van der Waals surface area contributed by atoms with Gasteiger partial charge in [0.25, 0.3) is 5.91 Å². The van der Waals surface area contributed by atoms with E-state index in [2.05, 4.69) is 31.3 Å². The first-order chi connectivity index (χ1) is 13.6. The van der Waals surface area contributed by atoms with Gasteiger partial charge < -0.3 is 15.4 Å². The number of nitrogens with one attached hydrogen (secondary N) is 3. The standard InChI is InChI=1S/C18H15ClN6O3/c19-13-7-10(17-22-24-25-23-17)5-6-14(13)28-9-15(26)21-16-12-4-2-1-3-11(12)8-20-18(16)27/h1-7,16H,8-9H2,(H,20,27)(H,21,26)(H,22,23,24,25). The van der Waals surface area contributed by atoms with Crippen molar-refractivity contribution in [2.45, 2.75) is 12.6 Å². The minimum absolute atomic E-state index is 0.255. The normalized spacial score (nSPS) is 15.5. The second kappa shape index (κ2) is 7.65. The first-order valence-corrected chi connectivity index (χ1v) is 8.80. The van der Waals surface area contributed by atoms with E-state index in [9.17, 15) is 9.59 Å². The zero-order chi connectivity index (χ0) is 19.5. The molecule has 0 radical (unpaired) electrons. The average Bonchev–Trinajstić information content (AvgIpc) is 3.24. The first kappa shape index (κ1) is 17.9. The van der Waals surface area contributed by atoms with Gasteiger partial charge in [-0.05, 0) is 34.5 Å². The van der Waals surface area contributed by atoms with E-state index in [1.807, 2.05) is 24.3 Å². The molecule has 1 aromatic heterocycles. The van der Waals surface area contributed by atoms with Crippen LogP contribution in [0.3, 0.4) is 0 Å². The molecule has 1 aliphatic heterocycles. The number of aromatic amines is 1. The van der Waals surface area contributed by atoms with Gasteiger partial charge in [0.15, 0.2) is 6.61 Å². The molecule has 2 amide bonds. The summed E-state index contributed by atoms with van der Waals surface area (Å²) in [5.41, 5.74) is 2.40. The van der Waals surface area contributed by atoms with E-state index < -0.39 is 11.9 Å². The van der Waals surface area contributed by atoms with Crippen LogP contribution >= 0.6 is 11.6 Å². The SMILES string of the molecule is O=C(COc1ccc(-c2nn[nH]n2)cc1Cl)NC1C(=O)NCc2ccccc21. The van der Waals surface area contributed by atoms with Crippen molar-refractivity contribution in [3.63, 3.8) is 0 Å². The Morgan fingerprint density at radius 2 is 2.14 bits per heavy atom. The van der Waals surface area contributed by atoms with Crippen LogP contribution in [-0.2, 0) is 16.1 Å². The summed E-state index contributed by atoms with van der Waals surface area (Å²) in [6, 6.07) is 11.6. The van der Waals surface area contributed by atoms with Crippen molar-refractivity contribution in [2.24, 2.45) is 0 Å². The predicted octanol–water partition coefficient (Wildman–Crippen LogP) is 1.39. The molecule has 3 aromatic rings. The molecular formula is C18H15ClN6O3. The lowest BCUT2D eigenvalue weighted by molar-refractivity contribution is -0.130. The van der Waals surface area contributed by atoms with Crippen LogP contribution in [0.4, 0.5) is 0 Å². The van der Waals surface area contributed by atoms with Crippen LogP contribution in [0.5, 0.6) is 5.75 Å². The number of fused-ring (bicyclic) bond motifs is 1. The Labute approximate surface area is 164 Å². The van der Waals surface area contributed by atoms with Gasteiger partial charge in [-0.1, -0.05) is 35.9 Å². The number of ether oxygens (including phenoxy) is 1. The molecular weight excluding hydrogens is 384 g/mol. The number of aromatic nitrogens is 4. The lowest BCUT2D eigenvalue weighted by Crippen LogP contribution is -2.45. The van der Waals surface area contributed by atoms with E-state index in [-0.39, 0.29) is 12.5 Å². The third-order valence-electron chi connectivity index (χ3n) is 4.28. The number of hydrogen-bond donors (Lipinski definition) is 3. The number of amides is 2. The minimum atomic E-state index is -0.753. The third-order valence-corrected chi connectivity index (χ3v) is 4.58. The van der Waals surface area contributed by atoms with Gasteiger partial charge in [-0.3, -0.25) is 9.59 Å². The van der Waals surface area contributed by atoms with Crippen molar-refractivity contribution >= 4 is 23.4 Å². The zero-order valence-electron chi connectivity index (χ0n) is 14.5. The van der Waals surface area contributed by atoms with Crippen molar-refractivity contribution in [2.75, 3.05) is 6.61 Å². The summed E-state index contributed by atoms with van der Waals surface area (Å²) < 4.78 is 5.50. The van der Waals surface area contributed by atoms with Gasteiger partial charge in [0.1, 0.15) is 11.8 Å². The molecule has 28 heavy (non-hydrogen) atoms. The molecule has 1 aliphatic rings. The molecule has 142 valence electrons. The number of halogens is 1. The first-order valence-electron chi connectivity index (χ1n) is 8.43. The highest BCUT2D eigenvalue weighted by molar-refractivity contribution is 6.32. The number of rotatable bonds is 5. The smallest absolute Gasteiger partial charge is 0.258 e. The Balaban J connectivity index is 1.41. The molecule has 0 bridgehead atoms. The molecule has 4 rings (SSSR count). The highest BCUT2D eigenvalue weighted by Crippen LogP contribution is 2.29. The monoisotopic (exact) mass is 398 g/mol. The average molecular weight is 399 g/mol. The number of nitrogens with zero attached hydrogens (tertiary/aromatic N) is 3. The van der Waals surface area contributed by atoms with E-state index in [0.29, 0.717) is 28.7 Å². The lowest BCUT2D eigenvalue weighted by Gasteiger charge is -2.26. The van der Waals surface area contributed by atoms with Gasteiger partial charge in [-0.2, -0.15) is 5.21 Å². The Bertz CT molecular complexity index is 1020. The number of H-pyrrole nitrogens is 1. The molecule has 1 unspecified atom stereocenters. The van der Waals surface area contributed by atoms with Crippen LogP contribution in [0.25, 0.3) is 11.4 Å². The van der Waals surface area contributed by atoms with Gasteiger partial charge in [0.2, 0.25) is 11.7 Å². The number of benzene rings is 2. The molecule has 1 atom stereocenters. The summed E-state index contributed by atoms with van der Waals surface area (Å²) in [5.74, 6) is 0.0374. The third kappa shape index (κ3) is 3.65. The van der Waals surface area contributed by atoms with Crippen LogP contribution in [-0.4, -0.2) is 39.0 Å². The molecule has 2 heterocycles. The fraction of sp³-hybridized carbons (Fsp3) is 0.167. The number of hydrogen-bond acceptors (Lipinski definition) is 6. The molecule has 0 saturated heterocycles. The fourth-order valence-corrected chi connectivity index (χ4v) is 3.17. The van der Waals surface area contributed by atoms with Crippen molar-refractivity contribution in [1.29, 1.82) is 0 Å². The van der Waals surface area contributed by atoms with Crippen LogP contribution in [0.15, 0.2) is 42.5 Å². The van der Waals surface area contributed by atoms with Gasteiger partial charge in [-0.25, -0.2) is 0 Å². The molecule has 0 aliphatic carbocycles. The second-order valence-electron chi connectivity index (χ2n) is 6.09. The molecule has 2 aromatic carbocycles. The summed E-state index contributed by atoms with van der Waals surface area (Å²) >= 11 is 6.20. The highest BCUT2D eigenvalue weighted by Gasteiger charge is 2.28. The lowest BCUT2D eigenvalue weighted by atomic mass is 9.96.